The molecule has 0 N–H and O–H groups in total. The lowest BCUT2D eigenvalue weighted by Crippen LogP contribution is -2.47. The van der Waals surface area contributed by atoms with Crippen molar-refractivity contribution < 1.29 is 14.3 Å². The molecule has 4 nitrogen and oxygen atoms in total. The molecule has 124 valence electrons. The first-order valence-corrected chi connectivity index (χ1v) is 8.89. The lowest BCUT2D eigenvalue weighted by atomic mass is 9.87. The summed E-state index contributed by atoms with van der Waals surface area (Å²) in [5.74, 6) is 0.369. The molecule has 3 heterocycles. The van der Waals surface area contributed by atoms with Crippen LogP contribution < -0.4 is 0 Å². The van der Waals surface area contributed by atoms with Crippen LogP contribution in [0.25, 0.3) is 0 Å². The predicted octanol–water partition coefficient (Wildman–Crippen LogP) is 2.41. The second kappa shape index (κ2) is 6.62. The molecule has 1 aromatic carbocycles. The lowest BCUT2D eigenvalue weighted by Gasteiger charge is -2.32. The molecule has 4 atom stereocenters. The standard InChI is InChI=1S/C19H25NO3/c21-19(17-12-16-6-7-18(17)23-16)20(15-9-11-22-13-15)10-8-14-4-2-1-3-5-14/h1-5,15-18H,6-13H2/t15-,16+,17+,18+/m0/s1. The van der Waals surface area contributed by atoms with Crippen molar-refractivity contribution in [2.24, 2.45) is 5.92 Å². The number of hydrogen-bond donors (Lipinski definition) is 0. The quantitative estimate of drug-likeness (QED) is 0.837. The number of hydrogen-bond acceptors (Lipinski definition) is 3. The van der Waals surface area contributed by atoms with Crippen molar-refractivity contribution >= 4 is 5.91 Å². The summed E-state index contributed by atoms with van der Waals surface area (Å²) in [6.07, 6.45) is 5.45. The fourth-order valence-corrected chi connectivity index (χ4v) is 4.25. The molecule has 0 radical (unpaired) electrons. The van der Waals surface area contributed by atoms with Crippen molar-refractivity contribution in [3.05, 3.63) is 35.9 Å². The Kier molecular flexibility index (Phi) is 4.36. The van der Waals surface area contributed by atoms with Crippen LogP contribution in [0.1, 0.15) is 31.2 Å². The lowest BCUT2D eigenvalue weighted by molar-refractivity contribution is -0.139. The van der Waals surface area contributed by atoms with Crippen LogP contribution in [0, 0.1) is 5.92 Å². The van der Waals surface area contributed by atoms with E-state index in [1.807, 2.05) is 6.07 Å². The Morgan fingerprint density at radius 2 is 2.04 bits per heavy atom. The van der Waals surface area contributed by atoms with E-state index < -0.39 is 0 Å². The first-order valence-electron chi connectivity index (χ1n) is 8.89. The monoisotopic (exact) mass is 315 g/mol. The average Bonchev–Trinajstić information content (AvgIpc) is 3.33. The third-order valence-electron chi connectivity index (χ3n) is 5.54. The molecule has 3 saturated heterocycles. The summed E-state index contributed by atoms with van der Waals surface area (Å²) in [7, 11) is 0. The first-order chi connectivity index (χ1) is 11.3. The number of carbonyl (C=O) groups excluding carboxylic acids is 1. The third kappa shape index (κ3) is 3.15. The highest BCUT2D eigenvalue weighted by Gasteiger charge is 2.46. The normalized spacial score (nSPS) is 32.3. The Labute approximate surface area is 137 Å². The van der Waals surface area contributed by atoms with E-state index in [0.29, 0.717) is 18.6 Å². The highest BCUT2D eigenvalue weighted by molar-refractivity contribution is 5.80. The van der Waals surface area contributed by atoms with Gasteiger partial charge in [0.15, 0.2) is 0 Å². The van der Waals surface area contributed by atoms with Gasteiger partial charge in [-0.1, -0.05) is 30.3 Å². The van der Waals surface area contributed by atoms with Crippen molar-refractivity contribution in [3.8, 4) is 0 Å². The molecule has 0 spiro atoms. The number of fused-ring (bicyclic) bond motifs is 2. The van der Waals surface area contributed by atoms with E-state index in [4.69, 9.17) is 9.47 Å². The van der Waals surface area contributed by atoms with Gasteiger partial charge < -0.3 is 14.4 Å². The molecule has 3 aliphatic rings. The minimum Gasteiger partial charge on any atom is -0.379 e. The van der Waals surface area contributed by atoms with Crippen LogP contribution in [0.4, 0.5) is 0 Å². The molecule has 2 bridgehead atoms. The second-order valence-electron chi connectivity index (χ2n) is 7.00. The summed E-state index contributed by atoms with van der Waals surface area (Å²) in [5.41, 5.74) is 1.29. The van der Waals surface area contributed by atoms with Gasteiger partial charge >= 0.3 is 0 Å². The van der Waals surface area contributed by atoms with E-state index in [9.17, 15) is 4.79 Å². The van der Waals surface area contributed by atoms with Gasteiger partial charge in [0.2, 0.25) is 5.91 Å². The van der Waals surface area contributed by atoms with Crippen LogP contribution in [0.15, 0.2) is 30.3 Å². The van der Waals surface area contributed by atoms with Gasteiger partial charge in [0, 0.05) is 13.2 Å². The minimum atomic E-state index is 0.0742. The van der Waals surface area contributed by atoms with Gasteiger partial charge in [-0.2, -0.15) is 0 Å². The second-order valence-corrected chi connectivity index (χ2v) is 7.00. The maximum atomic E-state index is 13.1. The molecule has 1 aromatic rings. The Morgan fingerprint density at radius 3 is 2.70 bits per heavy atom. The van der Waals surface area contributed by atoms with Gasteiger partial charge in [-0.05, 0) is 37.7 Å². The van der Waals surface area contributed by atoms with Crippen LogP contribution in [-0.2, 0) is 20.7 Å². The van der Waals surface area contributed by atoms with Crippen molar-refractivity contribution in [2.45, 2.75) is 50.4 Å². The van der Waals surface area contributed by atoms with E-state index in [1.165, 1.54) is 5.56 Å². The van der Waals surface area contributed by atoms with Crippen LogP contribution in [0.2, 0.25) is 0 Å². The molecule has 0 unspecified atom stereocenters. The zero-order valence-corrected chi connectivity index (χ0v) is 13.5. The molecule has 3 aliphatic heterocycles. The number of rotatable bonds is 5. The fraction of sp³-hybridized carbons (Fsp3) is 0.632. The fourth-order valence-electron chi connectivity index (χ4n) is 4.25. The van der Waals surface area contributed by atoms with Crippen molar-refractivity contribution in [1.82, 2.24) is 4.90 Å². The molecule has 1 amide bonds. The molecule has 4 heteroatoms. The van der Waals surface area contributed by atoms with Crippen molar-refractivity contribution in [3.63, 3.8) is 0 Å². The number of nitrogens with zero attached hydrogens (tertiary/aromatic N) is 1. The Balaban J connectivity index is 1.45. The summed E-state index contributed by atoms with van der Waals surface area (Å²) in [6.45, 7) is 2.24. The molecule has 0 aliphatic carbocycles. The third-order valence-corrected chi connectivity index (χ3v) is 5.54. The molecule has 23 heavy (non-hydrogen) atoms. The van der Waals surface area contributed by atoms with Gasteiger partial charge in [0.05, 0.1) is 30.8 Å². The molecular weight excluding hydrogens is 290 g/mol. The smallest absolute Gasteiger partial charge is 0.228 e. The van der Waals surface area contributed by atoms with Crippen LogP contribution in [0.5, 0.6) is 0 Å². The van der Waals surface area contributed by atoms with E-state index in [0.717, 1.165) is 45.3 Å². The number of carbonyl (C=O) groups is 1. The van der Waals surface area contributed by atoms with Gasteiger partial charge in [0.1, 0.15) is 0 Å². The van der Waals surface area contributed by atoms with Gasteiger partial charge in [0.25, 0.3) is 0 Å². The summed E-state index contributed by atoms with van der Waals surface area (Å²) in [6, 6.07) is 10.7. The van der Waals surface area contributed by atoms with Crippen molar-refractivity contribution in [2.75, 3.05) is 19.8 Å². The maximum absolute atomic E-state index is 13.1. The van der Waals surface area contributed by atoms with E-state index in [2.05, 4.69) is 29.2 Å². The van der Waals surface area contributed by atoms with Crippen LogP contribution in [0.3, 0.4) is 0 Å². The Morgan fingerprint density at radius 1 is 1.17 bits per heavy atom. The van der Waals surface area contributed by atoms with Crippen LogP contribution in [-0.4, -0.2) is 48.8 Å². The highest BCUT2D eigenvalue weighted by atomic mass is 16.5. The Bertz CT molecular complexity index is 541. The number of ether oxygens (including phenoxy) is 2. The molecular formula is C19H25NO3. The zero-order chi connectivity index (χ0) is 15.6. The van der Waals surface area contributed by atoms with E-state index >= 15 is 0 Å². The van der Waals surface area contributed by atoms with Gasteiger partial charge in [-0.25, -0.2) is 0 Å². The maximum Gasteiger partial charge on any atom is 0.228 e. The van der Waals surface area contributed by atoms with E-state index in [-0.39, 0.29) is 18.1 Å². The predicted molar refractivity (Wildman–Crippen MR) is 87.1 cm³/mol. The Hall–Kier alpha value is -1.39. The summed E-state index contributed by atoms with van der Waals surface area (Å²) in [5, 5.41) is 0. The summed E-state index contributed by atoms with van der Waals surface area (Å²) in [4.78, 5) is 15.2. The molecule has 0 saturated carbocycles. The van der Waals surface area contributed by atoms with Gasteiger partial charge in [-0.3, -0.25) is 4.79 Å². The zero-order valence-electron chi connectivity index (χ0n) is 13.5. The number of benzene rings is 1. The van der Waals surface area contributed by atoms with Gasteiger partial charge in [-0.15, -0.1) is 0 Å². The topological polar surface area (TPSA) is 38.8 Å². The minimum absolute atomic E-state index is 0.0742. The molecule has 4 rings (SSSR count). The number of amides is 1. The summed E-state index contributed by atoms with van der Waals surface area (Å²) < 4.78 is 11.4. The molecule has 3 fully saturated rings. The molecule has 0 aromatic heterocycles. The highest BCUT2D eigenvalue weighted by Crippen LogP contribution is 2.40. The average molecular weight is 315 g/mol. The van der Waals surface area contributed by atoms with Crippen molar-refractivity contribution in [1.29, 1.82) is 0 Å². The first kappa shape index (κ1) is 15.2. The van der Waals surface area contributed by atoms with E-state index in [1.54, 1.807) is 0 Å². The largest absolute Gasteiger partial charge is 0.379 e. The summed E-state index contributed by atoms with van der Waals surface area (Å²) >= 11 is 0. The SMILES string of the molecule is O=C([C@@H]1C[C@H]2CC[C@H]1O2)N(CCc1ccccc1)[C@H]1CCOC1. The van der Waals surface area contributed by atoms with Crippen LogP contribution >= 0.6 is 0 Å².